The van der Waals surface area contributed by atoms with Crippen LogP contribution in [-0.4, -0.2) is 50.0 Å². The molecule has 0 bridgehead atoms. The molecule has 1 aliphatic rings. The van der Waals surface area contributed by atoms with E-state index in [-0.39, 0.29) is 54.5 Å². The highest BCUT2D eigenvalue weighted by Crippen LogP contribution is 2.31. The van der Waals surface area contributed by atoms with Crippen molar-refractivity contribution in [2.75, 3.05) is 17.1 Å². The number of anilines is 1. The molecule has 40 heavy (non-hydrogen) atoms. The molecule has 220 valence electrons. The summed E-state index contributed by atoms with van der Waals surface area (Å²) in [7, 11) is -3.71. The molecule has 1 fully saturated rings. The highest BCUT2D eigenvalue weighted by molar-refractivity contribution is 7.92. The third kappa shape index (κ3) is 9.15. The van der Waals surface area contributed by atoms with E-state index in [2.05, 4.69) is 5.32 Å². The van der Waals surface area contributed by atoms with Crippen molar-refractivity contribution in [1.82, 2.24) is 10.2 Å². The third-order valence-corrected chi connectivity index (χ3v) is 9.34. The molecule has 3 rings (SSSR count). The molecule has 2 aromatic carbocycles. The minimum absolute atomic E-state index is 0.00260. The molecule has 1 atom stereocenters. The Balaban J connectivity index is 1.81. The Morgan fingerprint density at radius 1 is 0.975 bits per heavy atom. The predicted molar refractivity (Wildman–Crippen MR) is 164 cm³/mol. The van der Waals surface area contributed by atoms with Gasteiger partial charge in [0.1, 0.15) is 6.04 Å². The van der Waals surface area contributed by atoms with Gasteiger partial charge in [-0.25, -0.2) is 8.42 Å². The van der Waals surface area contributed by atoms with Crippen LogP contribution >= 0.6 is 46.4 Å². The molecule has 0 aromatic heterocycles. The van der Waals surface area contributed by atoms with Crippen molar-refractivity contribution >= 4 is 73.9 Å². The zero-order chi connectivity index (χ0) is 29.4. The summed E-state index contributed by atoms with van der Waals surface area (Å²) in [5.74, 6) is -0.487. The molecule has 0 aliphatic heterocycles. The van der Waals surface area contributed by atoms with Gasteiger partial charge in [-0.05, 0) is 61.6 Å². The van der Waals surface area contributed by atoms with Crippen LogP contribution in [0.1, 0.15) is 63.9 Å². The van der Waals surface area contributed by atoms with Gasteiger partial charge in [-0.15, -0.1) is 0 Å². The van der Waals surface area contributed by atoms with Crippen molar-refractivity contribution < 1.29 is 18.0 Å². The maximum atomic E-state index is 13.7. The van der Waals surface area contributed by atoms with Gasteiger partial charge in [-0.1, -0.05) is 78.7 Å². The minimum Gasteiger partial charge on any atom is -0.352 e. The molecule has 0 heterocycles. The van der Waals surface area contributed by atoms with E-state index in [4.69, 9.17) is 46.4 Å². The van der Waals surface area contributed by atoms with Crippen molar-refractivity contribution in [3.05, 3.63) is 62.1 Å². The smallest absolute Gasteiger partial charge is 0.243 e. The van der Waals surface area contributed by atoms with E-state index in [1.165, 1.54) is 17.0 Å². The standard InChI is InChI=1S/C28H35Cl4N3O4S/c1-3-25(28(37)33-22-8-5-4-6-9-22)34(18-19-11-12-20(29)16-24(19)32)27(36)10-7-15-35(40(2,38)39)26-17-21(30)13-14-23(26)31/h11-14,16-17,22,25H,3-10,15,18H2,1-2H3,(H,33,37)/t25-/m0/s1. The van der Waals surface area contributed by atoms with Crippen LogP contribution in [0.2, 0.25) is 20.1 Å². The molecule has 12 heteroatoms. The quantitative estimate of drug-likeness (QED) is 0.265. The zero-order valence-electron chi connectivity index (χ0n) is 22.6. The predicted octanol–water partition coefficient (Wildman–Crippen LogP) is 7.10. The van der Waals surface area contributed by atoms with Crippen LogP contribution in [0, 0.1) is 0 Å². The number of rotatable bonds is 12. The summed E-state index contributed by atoms with van der Waals surface area (Å²) in [6.07, 6.45) is 6.82. The van der Waals surface area contributed by atoms with Gasteiger partial charge in [0.25, 0.3) is 0 Å². The molecular formula is C28H35Cl4N3O4S. The first kappa shape index (κ1) is 32.8. The summed E-state index contributed by atoms with van der Waals surface area (Å²) in [6, 6.07) is 8.98. The maximum Gasteiger partial charge on any atom is 0.243 e. The second kappa shape index (κ2) is 15.0. The van der Waals surface area contributed by atoms with Gasteiger partial charge < -0.3 is 10.2 Å². The Morgan fingerprint density at radius 3 is 2.25 bits per heavy atom. The molecule has 2 amide bonds. The largest absolute Gasteiger partial charge is 0.352 e. The van der Waals surface area contributed by atoms with Gasteiger partial charge in [-0.3, -0.25) is 13.9 Å². The van der Waals surface area contributed by atoms with Crippen LogP contribution in [0.15, 0.2) is 36.4 Å². The molecular weight excluding hydrogens is 616 g/mol. The SMILES string of the molecule is CC[C@@H](C(=O)NC1CCCCC1)N(Cc1ccc(Cl)cc1Cl)C(=O)CCCN(c1cc(Cl)ccc1Cl)S(C)(=O)=O. The number of halogens is 4. The maximum absolute atomic E-state index is 13.7. The number of hydrogen-bond donors (Lipinski definition) is 1. The van der Waals surface area contributed by atoms with Crippen LogP contribution < -0.4 is 9.62 Å². The first-order valence-electron chi connectivity index (χ1n) is 13.4. The Bertz CT molecular complexity index is 1300. The highest BCUT2D eigenvalue weighted by atomic mass is 35.5. The summed E-state index contributed by atoms with van der Waals surface area (Å²) >= 11 is 24.9. The number of sulfonamides is 1. The Labute approximate surface area is 257 Å². The number of carbonyl (C=O) groups is 2. The fourth-order valence-corrected chi connectivity index (χ4v) is 6.83. The summed E-state index contributed by atoms with van der Waals surface area (Å²) in [5, 5.41) is 4.57. The lowest BCUT2D eigenvalue weighted by molar-refractivity contribution is -0.141. The Morgan fingerprint density at radius 2 is 1.62 bits per heavy atom. The number of hydrogen-bond acceptors (Lipinski definition) is 4. The van der Waals surface area contributed by atoms with Gasteiger partial charge >= 0.3 is 0 Å². The molecule has 1 N–H and O–H groups in total. The second-order valence-electron chi connectivity index (χ2n) is 10.1. The van der Waals surface area contributed by atoms with Gasteiger partial charge in [-0.2, -0.15) is 0 Å². The van der Waals surface area contributed by atoms with Crippen LogP contribution in [0.25, 0.3) is 0 Å². The van der Waals surface area contributed by atoms with Crippen LogP contribution in [0.4, 0.5) is 5.69 Å². The third-order valence-electron chi connectivity index (χ3n) is 7.02. The van der Waals surface area contributed by atoms with Gasteiger partial charge in [0.15, 0.2) is 0 Å². The summed E-state index contributed by atoms with van der Waals surface area (Å²) in [6.45, 7) is 1.98. The fraction of sp³-hybridized carbons (Fsp3) is 0.500. The monoisotopic (exact) mass is 649 g/mol. The average Bonchev–Trinajstić information content (AvgIpc) is 2.89. The van der Waals surface area contributed by atoms with Crippen LogP contribution in [0.5, 0.6) is 0 Å². The van der Waals surface area contributed by atoms with E-state index in [0.29, 0.717) is 27.1 Å². The van der Waals surface area contributed by atoms with Gasteiger partial charge in [0.05, 0.1) is 17.0 Å². The highest BCUT2D eigenvalue weighted by Gasteiger charge is 2.31. The van der Waals surface area contributed by atoms with Crippen LogP contribution in [-0.2, 0) is 26.2 Å². The van der Waals surface area contributed by atoms with Crippen LogP contribution in [0.3, 0.4) is 0 Å². The van der Waals surface area contributed by atoms with E-state index < -0.39 is 16.1 Å². The number of nitrogens with one attached hydrogen (secondary N) is 1. The lowest BCUT2D eigenvalue weighted by Crippen LogP contribution is -2.51. The van der Waals surface area contributed by atoms with Crippen molar-refractivity contribution in [2.24, 2.45) is 0 Å². The van der Waals surface area contributed by atoms with Gasteiger partial charge in [0, 0.05) is 40.6 Å². The molecule has 0 unspecified atom stereocenters. The summed E-state index contributed by atoms with van der Waals surface area (Å²) < 4.78 is 26.3. The Hall–Kier alpha value is -1.71. The average molecular weight is 651 g/mol. The lowest BCUT2D eigenvalue weighted by atomic mass is 9.95. The molecule has 1 aliphatic carbocycles. The molecule has 7 nitrogen and oxygen atoms in total. The number of nitrogens with zero attached hydrogens (tertiary/aromatic N) is 2. The molecule has 0 spiro atoms. The fourth-order valence-electron chi connectivity index (χ4n) is 4.96. The van der Waals surface area contributed by atoms with E-state index >= 15 is 0 Å². The van der Waals surface area contributed by atoms with Crippen molar-refractivity contribution in [1.29, 1.82) is 0 Å². The van der Waals surface area contributed by atoms with E-state index in [1.54, 1.807) is 24.3 Å². The number of carbonyl (C=O) groups excluding carboxylic acids is 2. The van der Waals surface area contributed by atoms with Crippen molar-refractivity contribution in [3.63, 3.8) is 0 Å². The number of benzene rings is 2. The number of amides is 2. The molecule has 1 saturated carbocycles. The Kier molecular flexibility index (Phi) is 12.3. The van der Waals surface area contributed by atoms with E-state index in [0.717, 1.165) is 42.7 Å². The lowest BCUT2D eigenvalue weighted by Gasteiger charge is -2.33. The second-order valence-corrected chi connectivity index (χ2v) is 13.7. The van der Waals surface area contributed by atoms with Crippen molar-refractivity contribution in [3.8, 4) is 0 Å². The van der Waals surface area contributed by atoms with E-state index in [9.17, 15) is 18.0 Å². The first-order chi connectivity index (χ1) is 18.9. The molecule has 2 aromatic rings. The summed E-state index contributed by atoms with van der Waals surface area (Å²) in [4.78, 5) is 28.6. The minimum atomic E-state index is -3.71. The molecule has 0 saturated heterocycles. The molecule has 0 radical (unpaired) electrons. The summed E-state index contributed by atoms with van der Waals surface area (Å²) in [5.41, 5.74) is 0.902. The van der Waals surface area contributed by atoms with Crippen molar-refractivity contribution in [2.45, 2.75) is 76.9 Å². The van der Waals surface area contributed by atoms with Gasteiger partial charge in [0.2, 0.25) is 21.8 Å². The normalized spacial score (nSPS) is 14.9. The zero-order valence-corrected chi connectivity index (χ0v) is 26.5. The van der Waals surface area contributed by atoms with E-state index in [1.807, 2.05) is 6.92 Å². The first-order valence-corrected chi connectivity index (χ1v) is 16.7. The topological polar surface area (TPSA) is 86.8 Å².